The molecule has 55 heavy (non-hydrogen) atoms. The number of aromatic nitrogens is 1. The third kappa shape index (κ3) is 13.3. The van der Waals surface area contributed by atoms with Gasteiger partial charge in [0, 0.05) is 37.7 Å². The minimum atomic E-state index is -2.05. The van der Waals surface area contributed by atoms with Crippen molar-refractivity contribution in [1.29, 1.82) is 0 Å². The second-order valence-electron chi connectivity index (χ2n) is 13.0. The van der Waals surface area contributed by atoms with Crippen molar-refractivity contribution >= 4 is 58.1 Å². The van der Waals surface area contributed by atoms with Crippen LogP contribution < -0.4 is 27.3 Å². The van der Waals surface area contributed by atoms with Crippen LogP contribution in [-0.4, -0.2) is 99.1 Å². The Morgan fingerprint density at radius 3 is 2.40 bits per heavy atom. The maximum absolute atomic E-state index is 13.4. The number of methoxy groups -OCH3 is 1. The summed E-state index contributed by atoms with van der Waals surface area (Å²) < 4.78 is 24.2. The highest BCUT2D eigenvalue weighted by molar-refractivity contribution is 7.88. The summed E-state index contributed by atoms with van der Waals surface area (Å²) in [5, 5.41) is 19.3. The van der Waals surface area contributed by atoms with E-state index in [0.717, 1.165) is 41.2 Å². The van der Waals surface area contributed by atoms with Gasteiger partial charge in [0.2, 0.25) is 0 Å². The largest absolute Gasteiger partial charge is 0.485 e. The number of fused-ring (bicyclic) bond motifs is 1. The van der Waals surface area contributed by atoms with Crippen molar-refractivity contribution in [3.63, 3.8) is 0 Å². The number of ether oxygens (including phenoxy) is 2. The summed E-state index contributed by atoms with van der Waals surface area (Å²) in [4.78, 5) is 52.8. The molecular weight excluding hydrogens is 753 g/mol. The number of nitrogens with zero attached hydrogens (tertiary/aromatic N) is 4. The van der Waals surface area contributed by atoms with Crippen molar-refractivity contribution in [3.05, 3.63) is 40.4 Å². The van der Waals surface area contributed by atoms with E-state index in [4.69, 9.17) is 35.6 Å². The summed E-state index contributed by atoms with van der Waals surface area (Å²) in [7, 11) is 3.25. The van der Waals surface area contributed by atoms with Crippen molar-refractivity contribution in [2.24, 2.45) is 21.6 Å². The summed E-state index contributed by atoms with van der Waals surface area (Å²) in [6, 6.07) is 4.31. The van der Waals surface area contributed by atoms with Crippen molar-refractivity contribution in [3.8, 4) is 5.75 Å². The number of hydrogen-bond acceptors (Lipinski definition) is 15. The molecule has 4 atom stereocenters. The number of hydroxylamine groups is 2. The predicted octanol–water partition coefficient (Wildman–Crippen LogP) is 4.77. The number of carbonyl (C=O) groups is 3. The van der Waals surface area contributed by atoms with Crippen LogP contribution in [0, 0.1) is 0 Å². The van der Waals surface area contributed by atoms with Gasteiger partial charge in [0.25, 0.3) is 17.4 Å². The number of aliphatic carboxylic acids is 1. The maximum Gasteiger partial charge on any atom is 0.354 e. The Balaban J connectivity index is 0.00000175. The van der Waals surface area contributed by atoms with Gasteiger partial charge in [-0.3, -0.25) is 14.6 Å². The van der Waals surface area contributed by atoms with Crippen molar-refractivity contribution in [2.45, 2.75) is 123 Å². The Labute approximate surface area is 332 Å². The standard InChI is InChI=1S/C29H40N8O8S2.C3H8.C2H6O.C2H6/c1-5-6-17(30)11-12-33-23(31)16-7-9-19-15(13-16)8-10-20(43-19)29(4,26(40)41)44-36-21(18-14-46-27(32)34-18)24(38)35-22-25(39)37(45-47-42)28(22,2)3;2*1-3-2;1-2/h7,9,13-14,17,20,22,42H,5-6,8,10-12,30H2,1-4H3,(H2,31,33)(H2,32,34)(H,35,38)(H,40,41);3H2,1-2H3;1-2H3;1-2H3/b36-21-;;;. The van der Waals surface area contributed by atoms with Gasteiger partial charge in [0.15, 0.2) is 29.3 Å². The fourth-order valence-electron chi connectivity index (χ4n) is 5.23. The molecule has 2 amide bonds. The minimum absolute atomic E-state index is 0.00815. The van der Waals surface area contributed by atoms with E-state index in [2.05, 4.69) is 46.0 Å². The molecule has 1 saturated heterocycles. The van der Waals surface area contributed by atoms with Gasteiger partial charge in [-0.15, -0.1) is 11.3 Å². The lowest BCUT2D eigenvalue weighted by atomic mass is 9.84. The van der Waals surface area contributed by atoms with Crippen LogP contribution in [0.4, 0.5) is 5.13 Å². The number of anilines is 1. The Morgan fingerprint density at radius 1 is 1.24 bits per heavy atom. The molecule has 4 unspecified atom stereocenters. The molecule has 1 aromatic carbocycles. The molecule has 0 radical (unpaired) electrons. The Hall–Kier alpha value is -4.01. The first kappa shape index (κ1) is 49.0. The number of carbonyl (C=O) groups excluding carboxylic acids is 2. The van der Waals surface area contributed by atoms with E-state index in [0.29, 0.717) is 30.1 Å². The molecule has 2 aliphatic rings. The highest BCUT2D eigenvalue weighted by Crippen LogP contribution is 2.36. The molecule has 0 aliphatic carbocycles. The van der Waals surface area contributed by atoms with Crippen molar-refractivity contribution in [1.82, 2.24) is 15.4 Å². The van der Waals surface area contributed by atoms with E-state index >= 15 is 0 Å². The molecule has 4 rings (SSSR count). The van der Waals surface area contributed by atoms with Crippen LogP contribution in [0.3, 0.4) is 0 Å². The van der Waals surface area contributed by atoms with Crippen LogP contribution >= 0.6 is 23.7 Å². The van der Waals surface area contributed by atoms with Crippen LogP contribution in [0.15, 0.2) is 33.7 Å². The number of aliphatic imine (C=N–C) groups is 1. The Bertz CT molecular complexity index is 1590. The number of thiazole rings is 1. The lowest BCUT2D eigenvalue weighted by Crippen LogP contribution is -2.76. The number of aryl methyl sites for hydroxylation is 1. The van der Waals surface area contributed by atoms with E-state index in [1.165, 1.54) is 18.7 Å². The average molecular weight is 813 g/mol. The van der Waals surface area contributed by atoms with Crippen LogP contribution in [0.2, 0.25) is 0 Å². The smallest absolute Gasteiger partial charge is 0.354 e. The molecule has 1 fully saturated rings. The van der Waals surface area contributed by atoms with Gasteiger partial charge in [-0.05, 0) is 70.2 Å². The van der Waals surface area contributed by atoms with E-state index < -0.39 is 46.8 Å². The maximum atomic E-state index is 13.4. The topological polar surface area (TPSA) is 260 Å². The highest BCUT2D eigenvalue weighted by atomic mass is 32.2. The number of carboxylic acid groups (broad SMARTS) is 1. The molecule has 0 saturated carbocycles. The number of β-lactam (4-membered cyclic amide) rings is 1. The fraction of sp³-hybridized carbons (Fsp3) is 0.611. The number of amides is 2. The molecule has 2 aromatic rings. The zero-order valence-corrected chi connectivity index (χ0v) is 35.2. The van der Waals surface area contributed by atoms with E-state index in [-0.39, 0.29) is 35.6 Å². The molecule has 19 heteroatoms. The number of nitrogens with two attached hydrogens (primary N) is 3. The third-order valence-corrected chi connectivity index (χ3v) is 9.04. The Kier molecular flexibility index (Phi) is 21.2. The number of oxime groups is 1. The van der Waals surface area contributed by atoms with E-state index in [1.54, 1.807) is 40.2 Å². The van der Waals surface area contributed by atoms with E-state index in [1.807, 2.05) is 19.9 Å². The van der Waals surface area contributed by atoms with Crippen LogP contribution in [-0.2, 0) is 34.7 Å². The van der Waals surface area contributed by atoms with Gasteiger partial charge in [-0.2, -0.15) is 9.35 Å². The summed E-state index contributed by atoms with van der Waals surface area (Å²) in [5.41, 5.74) is 16.1. The molecule has 3 heterocycles. The number of benzene rings is 1. The summed E-state index contributed by atoms with van der Waals surface area (Å²) in [5.74, 6) is -2.06. The van der Waals surface area contributed by atoms with Crippen molar-refractivity contribution in [2.75, 3.05) is 26.5 Å². The summed E-state index contributed by atoms with van der Waals surface area (Å²) >= 11 is 1.02. The number of hydrogen-bond donors (Lipinski definition) is 6. The zero-order valence-electron chi connectivity index (χ0n) is 33.6. The number of nitrogen functional groups attached to an aromatic ring is 1. The summed E-state index contributed by atoms with van der Waals surface area (Å²) in [6.45, 7) is 15.4. The average Bonchev–Trinajstić information content (AvgIpc) is 3.59. The quantitative estimate of drug-likeness (QED) is 0.0466. The van der Waals surface area contributed by atoms with E-state index in [9.17, 15) is 19.5 Å². The normalized spacial score (nSPS) is 18.8. The fourth-order valence-corrected chi connectivity index (χ4v) is 6.11. The molecule has 0 spiro atoms. The number of nitrogens with one attached hydrogen (secondary N) is 1. The van der Waals surface area contributed by atoms with Gasteiger partial charge in [0.1, 0.15) is 23.3 Å². The highest BCUT2D eigenvalue weighted by Gasteiger charge is 2.57. The van der Waals surface area contributed by atoms with Gasteiger partial charge in [0.05, 0.1) is 5.54 Å². The first-order chi connectivity index (χ1) is 26.0. The molecule has 9 N–H and O–H groups in total. The first-order valence-corrected chi connectivity index (χ1v) is 19.7. The molecule has 310 valence electrons. The van der Waals surface area contributed by atoms with Crippen molar-refractivity contribution < 1.29 is 42.6 Å². The van der Waals surface area contributed by atoms with Gasteiger partial charge < -0.3 is 46.5 Å². The molecule has 2 aliphatic heterocycles. The minimum Gasteiger partial charge on any atom is -0.485 e. The SMILES string of the molecule is CC.CCC.CCCC(N)CCN=C(N)c1ccc2c(c1)CCC(C(C)(O/N=C(\C(=O)NC1C(=O)N(OSO)C1(C)C)c1csc(N)n1)C(=O)O)O2.COC. The molecule has 1 aromatic heterocycles. The first-order valence-electron chi connectivity index (χ1n) is 18.2. The van der Waals surface area contributed by atoms with Gasteiger partial charge in [-0.25, -0.2) is 9.78 Å². The second kappa shape index (κ2) is 23.8. The number of carboxylic acids is 1. The lowest BCUT2D eigenvalue weighted by molar-refractivity contribution is -0.214. The molecular formula is C36H60N8O9S2. The summed E-state index contributed by atoms with van der Waals surface area (Å²) in [6.07, 6.45) is 3.58. The number of rotatable bonds is 15. The lowest BCUT2D eigenvalue weighted by Gasteiger charge is -2.50. The monoisotopic (exact) mass is 812 g/mol. The van der Waals surface area contributed by atoms with Gasteiger partial charge in [-0.1, -0.05) is 52.6 Å². The van der Waals surface area contributed by atoms with Crippen LogP contribution in [0.1, 0.15) is 104 Å². The van der Waals surface area contributed by atoms with Crippen LogP contribution in [0.25, 0.3) is 0 Å². The second-order valence-corrected chi connectivity index (χ2v) is 14.2. The molecule has 0 bridgehead atoms. The van der Waals surface area contributed by atoms with Gasteiger partial charge >= 0.3 is 5.97 Å². The Morgan fingerprint density at radius 2 is 1.87 bits per heavy atom. The zero-order chi connectivity index (χ0) is 41.9. The number of amidine groups is 1. The third-order valence-electron chi connectivity index (χ3n) is 8.15. The van der Waals surface area contributed by atoms with Crippen LogP contribution in [0.5, 0.6) is 5.75 Å². The predicted molar refractivity (Wildman–Crippen MR) is 217 cm³/mol. The molecule has 17 nitrogen and oxygen atoms in total.